The lowest BCUT2D eigenvalue weighted by atomic mass is 9.95. The number of urea groups is 1. The summed E-state index contributed by atoms with van der Waals surface area (Å²) in [5.41, 5.74) is 2.17. The molecule has 5 rings (SSSR count). The maximum atomic E-state index is 13.4. The fourth-order valence-corrected chi connectivity index (χ4v) is 4.53. The summed E-state index contributed by atoms with van der Waals surface area (Å²) >= 11 is 0. The van der Waals surface area contributed by atoms with Crippen LogP contribution in [0.3, 0.4) is 0 Å². The molecule has 2 aromatic heterocycles. The van der Waals surface area contributed by atoms with Crippen LogP contribution in [-0.4, -0.2) is 63.1 Å². The van der Waals surface area contributed by atoms with Crippen LogP contribution in [-0.2, 0) is 18.2 Å². The number of nitrogens with zero attached hydrogens (tertiary/aromatic N) is 5. The van der Waals surface area contributed by atoms with E-state index in [-0.39, 0.29) is 12.1 Å². The van der Waals surface area contributed by atoms with E-state index in [9.17, 15) is 9.59 Å². The predicted octanol–water partition coefficient (Wildman–Crippen LogP) is 1.93. The third-order valence-corrected chi connectivity index (χ3v) is 6.22. The summed E-state index contributed by atoms with van der Waals surface area (Å²) in [4.78, 5) is 33.4. The lowest BCUT2D eigenvalue weighted by Gasteiger charge is -2.33. The average Bonchev–Trinajstić information content (AvgIpc) is 3.40. The molecule has 0 radical (unpaired) electrons. The van der Waals surface area contributed by atoms with E-state index in [0.717, 1.165) is 35.5 Å². The number of rotatable bonds is 1. The van der Waals surface area contributed by atoms with Crippen molar-refractivity contribution >= 4 is 17.9 Å². The molecule has 3 aliphatic heterocycles. The number of likely N-dealkylation sites (tertiary alicyclic amines) is 1. The van der Waals surface area contributed by atoms with Crippen LogP contribution < -0.4 is 10.2 Å². The van der Waals surface area contributed by atoms with E-state index in [1.54, 1.807) is 20.7 Å². The van der Waals surface area contributed by atoms with Crippen molar-refractivity contribution in [3.05, 3.63) is 30.1 Å². The number of amides is 3. The lowest BCUT2D eigenvalue weighted by molar-refractivity contribution is 0.0499. The number of aryl methyl sites for hydroxylation is 2. The first kappa shape index (κ1) is 18.0. The summed E-state index contributed by atoms with van der Waals surface area (Å²) in [6, 6.07) is 3.85. The Morgan fingerprint density at radius 2 is 2.21 bits per heavy atom. The Hall–Kier alpha value is -3.10. The number of ether oxygens (including phenoxy) is 1. The zero-order valence-electron chi connectivity index (χ0n) is 16.6. The van der Waals surface area contributed by atoms with Gasteiger partial charge in [0, 0.05) is 38.3 Å². The molecule has 9 heteroatoms. The molecule has 2 saturated heterocycles. The number of anilines is 1. The molecule has 152 valence electrons. The molecule has 2 unspecified atom stereocenters. The van der Waals surface area contributed by atoms with Gasteiger partial charge < -0.3 is 15.0 Å². The van der Waals surface area contributed by atoms with Crippen molar-refractivity contribution in [2.45, 2.75) is 37.8 Å². The Balaban J connectivity index is 1.41. The quantitative estimate of drug-likeness (QED) is 0.795. The average molecular weight is 396 g/mol. The highest BCUT2D eigenvalue weighted by Crippen LogP contribution is 2.35. The second-order valence-corrected chi connectivity index (χ2v) is 8.11. The zero-order valence-corrected chi connectivity index (χ0v) is 16.6. The van der Waals surface area contributed by atoms with E-state index in [4.69, 9.17) is 9.72 Å². The van der Waals surface area contributed by atoms with E-state index >= 15 is 0 Å². The highest BCUT2D eigenvalue weighted by Gasteiger charge is 2.52. The molecule has 2 fully saturated rings. The maximum absolute atomic E-state index is 13.4. The van der Waals surface area contributed by atoms with Crippen LogP contribution in [0.15, 0.2) is 24.5 Å². The maximum Gasteiger partial charge on any atom is 0.408 e. The summed E-state index contributed by atoms with van der Waals surface area (Å²) < 4.78 is 7.29. The molecule has 3 aliphatic rings. The van der Waals surface area contributed by atoms with Gasteiger partial charge in [0.15, 0.2) is 5.60 Å². The Bertz CT molecular complexity index is 988. The Morgan fingerprint density at radius 3 is 2.93 bits per heavy atom. The van der Waals surface area contributed by atoms with Crippen molar-refractivity contribution < 1.29 is 14.3 Å². The number of nitrogens with one attached hydrogen (secondary N) is 1. The van der Waals surface area contributed by atoms with Crippen molar-refractivity contribution in [3.63, 3.8) is 0 Å². The van der Waals surface area contributed by atoms with Crippen molar-refractivity contribution in [1.82, 2.24) is 25.0 Å². The molecule has 29 heavy (non-hydrogen) atoms. The number of aromatic nitrogens is 3. The first-order valence-corrected chi connectivity index (χ1v) is 10.0. The van der Waals surface area contributed by atoms with Crippen LogP contribution >= 0.6 is 0 Å². The summed E-state index contributed by atoms with van der Waals surface area (Å²) in [7, 11) is 1.87. The van der Waals surface area contributed by atoms with E-state index in [1.807, 2.05) is 26.2 Å². The topological polar surface area (TPSA) is 92.6 Å². The SMILES string of the molecule is CC1NC(=O)OC12CCN(C(=O)N1CCCc3ccc(-c4cnn(C)c4)nc31)C2. The standard InChI is InChI=1S/C20H24N6O3/c1-13-20(29-18(27)22-13)7-9-25(12-20)19(28)26-8-3-4-14-5-6-16(23-17(14)26)15-10-21-24(2)11-15/h5-6,10-11,13H,3-4,7-9,12H2,1-2H3,(H,22,27). The van der Waals surface area contributed by atoms with Crippen LogP contribution in [0.4, 0.5) is 15.4 Å². The fourth-order valence-electron chi connectivity index (χ4n) is 4.53. The first-order valence-electron chi connectivity index (χ1n) is 10.0. The Morgan fingerprint density at radius 1 is 1.34 bits per heavy atom. The Labute approximate surface area is 168 Å². The van der Waals surface area contributed by atoms with Gasteiger partial charge in [-0.15, -0.1) is 0 Å². The van der Waals surface area contributed by atoms with E-state index in [0.29, 0.717) is 26.1 Å². The van der Waals surface area contributed by atoms with Gasteiger partial charge in [-0.05, 0) is 31.4 Å². The van der Waals surface area contributed by atoms with Crippen LogP contribution in [0, 0.1) is 0 Å². The van der Waals surface area contributed by atoms with Gasteiger partial charge in [-0.2, -0.15) is 5.10 Å². The molecule has 0 aromatic carbocycles. The molecule has 0 bridgehead atoms. The fraction of sp³-hybridized carbons (Fsp3) is 0.500. The number of hydrogen-bond acceptors (Lipinski definition) is 5. The number of carbonyl (C=O) groups excluding carboxylic acids is 2. The number of pyridine rings is 1. The molecule has 5 heterocycles. The molecule has 2 aromatic rings. The monoisotopic (exact) mass is 396 g/mol. The van der Waals surface area contributed by atoms with Crippen molar-refractivity contribution in [2.24, 2.45) is 7.05 Å². The Kier molecular flexibility index (Phi) is 4.01. The molecule has 0 saturated carbocycles. The minimum absolute atomic E-state index is 0.0752. The molecular formula is C20H24N6O3. The lowest BCUT2D eigenvalue weighted by Crippen LogP contribution is -2.49. The number of carbonyl (C=O) groups is 2. The smallest absolute Gasteiger partial charge is 0.408 e. The number of fused-ring (bicyclic) bond motifs is 1. The third kappa shape index (κ3) is 2.92. The van der Waals surface area contributed by atoms with Crippen molar-refractivity contribution in [3.8, 4) is 11.3 Å². The summed E-state index contributed by atoms with van der Waals surface area (Å²) in [5.74, 6) is 0.721. The molecule has 0 aliphatic carbocycles. The van der Waals surface area contributed by atoms with Crippen LogP contribution in [0.5, 0.6) is 0 Å². The summed E-state index contributed by atoms with van der Waals surface area (Å²) in [5, 5.41) is 7.02. The number of hydrogen-bond donors (Lipinski definition) is 1. The molecule has 1 spiro atoms. The first-order chi connectivity index (χ1) is 13.9. The minimum atomic E-state index is -0.629. The second kappa shape index (κ2) is 6.47. The second-order valence-electron chi connectivity index (χ2n) is 8.11. The van der Waals surface area contributed by atoms with Gasteiger partial charge >= 0.3 is 12.1 Å². The molecular weight excluding hydrogens is 372 g/mol. The van der Waals surface area contributed by atoms with Gasteiger partial charge in [-0.1, -0.05) is 6.07 Å². The molecule has 9 nitrogen and oxygen atoms in total. The van der Waals surface area contributed by atoms with Gasteiger partial charge in [-0.25, -0.2) is 14.6 Å². The summed E-state index contributed by atoms with van der Waals surface area (Å²) in [6.45, 7) is 3.52. The van der Waals surface area contributed by atoms with Gasteiger partial charge in [0.25, 0.3) is 0 Å². The number of alkyl carbamates (subject to hydrolysis) is 1. The van der Waals surface area contributed by atoms with E-state index in [2.05, 4.69) is 16.5 Å². The van der Waals surface area contributed by atoms with Gasteiger partial charge in [0.1, 0.15) is 5.82 Å². The zero-order chi connectivity index (χ0) is 20.2. The van der Waals surface area contributed by atoms with Crippen molar-refractivity contribution in [2.75, 3.05) is 24.5 Å². The van der Waals surface area contributed by atoms with Gasteiger partial charge in [-0.3, -0.25) is 9.58 Å². The van der Waals surface area contributed by atoms with Crippen molar-refractivity contribution in [1.29, 1.82) is 0 Å². The molecule has 2 atom stereocenters. The summed E-state index contributed by atoms with van der Waals surface area (Å²) in [6.07, 6.45) is 5.73. The van der Waals surface area contributed by atoms with E-state index < -0.39 is 11.7 Å². The molecule has 1 N–H and O–H groups in total. The van der Waals surface area contributed by atoms with Gasteiger partial charge in [0.2, 0.25) is 0 Å². The largest absolute Gasteiger partial charge is 0.439 e. The van der Waals surface area contributed by atoms with Gasteiger partial charge in [0.05, 0.1) is 24.5 Å². The third-order valence-electron chi connectivity index (χ3n) is 6.22. The minimum Gasteiger partial charge on any atom is -0.439 e. The van der Waals surface area contributed by atoms with E-state index in [1.165, 1.54) is 0 Å². The van der Waals surface area contributed by atoms with Crippen LogP contribution in [0.25, 0.3) is 11.3 Å². The predicted molar refractivity (Wildman–Crippen MR) is 106 cm³/mol. The normalized spacial score (nSPS) is 25.9. The van der Waals surface area contributed by atoms with Crippen LogP contribution in [0.1, 0.15) is 25.3 Å². The highest BCUT2D eigenvalue weighted by atomic mass is 16.6. The molecule has 3 amide bonds. The van der Waals surface area contributed by atoms with Crippen LogP contribution in [0.2, 0.25) is 0 Å². The highest BCUT2D eigenvalue weighted by molar-refractivity contribution is 5.93.